The quantitative estimate of drug-likeness (QED) is 0.809. The molecule has 1 fully saturated rings. The van der Waals surface area contributed by atoms with Crippen molar-refractivity contribution in [3.8, 4) is 0 Å². The molecule has 1 atom stereocenters. The van der Waals surface area contributed by atoms with Gasteiger partial charge in [0, 0.05) is 32.1 Å². The molecule has 0 saturated carbocycles. The van der Waals surface area contributed by atoms with E-state index in [1.165, 1.54) is 4.31 Å². The summed E-state index contributed by atoms with van der Waals surface area (Å²) >= 11 is 0. The van der Waals surface area contributed by atoms with Crippen molar-refractivity contribution in [3.63, 3.8) is 0 Å². The maximum absolute atomic E-state index is 12.6. The topological polar surface area (TPSA) is 57.7 Å². The lowest BCUT2D eigenvalue weighted by Crippen LogP contribution is -2.51. The van der Waals surface area contributed by atoms with Gasteiger partial charge < -0.3 is 4.90 Å². The van der Waals surface area contributed by atoms with Gasteiger partial charge in [-0.2, -0.15) is 17.5 Å². The summed E-state index contributed by atoms with van der Waals surface area (Å²) in [4.78, 5) is 13.6. The lowest BCUT2D eigenvalue weighted by atomic mass is 10.1. The number of hydrogen-bond donors (Lipinski definition) is 0. The van der Waals surface area contributed by atoms with Gasteiger partial charge in [-0.05, 0) is 30.7 Å². The molecule has 1 unspecified atom stereocenters. The molecule has 1 aromatic rings. The van der Waals surface area contributed by atoms with Crippen LogP contribution in [0, 0.1) is 5.92 Å². The molecule has 0 spiro atoms. The highest BCUT2D eigenvalue weighted by Gasteiger charge is 2.33. The van der Waals surface area contributed by atoms with Crippen LogP contribution in [0.4, 0.5) is 13.2 Å². The van der Waals surface area contributed by atoms with E-state index in [4.69, 9.17) is 0 Å². The zero-order valence-corrected chi connectivity index (χ0v) is 14.9. The molecule has 9 heteroatoms. The summed E-state index contributed by atoms with van der Waals surface area (Å²) in [5.41, 5.74) is -0.893. The number of piperazine rings is 1. The lowest BCUT2D eigenvalue weighted by Gasteiger charge is -2.35. The number of carbonyl (C=O) groups is 1. The minimum absolute atomic E-state index is 0.00548. The van der Waals surface area contributed by atoms with Crippen LogP contribution in [0.1, 0.15) is 25.8 Å². The fraction of sp³-hybridized carbons (Fsp3) is 0.562. The Bertz CT molecular complexity index is 709. The second-order valence-corrected chi connectivity index (χ2v) is 8.00. The van der Waals surface area contributed by atoms with E-state index in [0.29, 0.717) is 6.42 Å². The third-order valence-electron chi connectivity index (χ3n) is 4.40. The Balaban J connectivity index is 2.08. The summed E-state index contributed by atoms with van der Waals surface area (Å²) in [5.74, 6) is -0.118. The number of halogens is 3. The third-order valence-corrected chi connectivity index (χ3v) is 6.32. The molecule has 25 heavy (non-hydrogen) atoms. The molecule has 0 aliphatic carbocycles. The highest BCUT2D eigenvalue weighted by atomic mass is 32.2. The zero-order valence-electron chi connectivity index (χ0n) is 14.1. The van der Waals surface area contributed by atoms with E-state index < -0.39 is 21.8 Å². The summed E-state index contributed by atoms with van der Waals surface area (Å²) in [7, 11) is -3.87. The highest BCUT2D eigenvalue weighted by molar-refractivity contribution is 7.89. The van der Waals surface area contributed by atoms with Gasteiger partial charge in [-0.3, -0.25) is 4.79 Å². The highest BCUT2D eigenvalue weighted by Crippen LogP contribution is 2.30. The molecule has 0 bridgehead atoms. The van der Waals surface area contributed by atoms with Gasteiger partial charge in [0.15, 0.2) is 0 Å². The minimum Gasteiger partial charge on any atom is -0.340 e. The SMILES string of the molecule is CCC(C)C(=O)N1CCN(S(=O)(=O)c2ccc(C(F)(F)F)cc2)CC1. The Morgan fingerprint density at radius 1 is 1.12 bits per heavy atom. The summed E-state index contributed by atoms with van der Waals surface area (Å²) < 4.78 is 64.1. The Labute approximate surface area is 145 Å². The number of hydrogen-bond acceptors (Lipinski definition) is 3. The maximum atomic E-state index is 12.6. The van der Waals surface area contributed by atoms with E-state index in [1.54, 1.807) is 4.90 Å². The van der Waals surface area contributed by atoms with Gasteiger partial charge in [-0.1, -0.05) is 13.8 Å². The number of rotatable bonds is 4. The van der Waals surface area contributed by atoms with Crippen molar-refractivity contribution in [1.82, 2.24) is 9.21 Å². The van der Waals surface area contributed by atoms with Crippen molar-refractivity contribution < 1.29 is 26.4 Å². The van der Waals surface area contributed by atoms with Crippen molar-refractivity contribution >= 4 is 15.9 Å². The first-order chi connectivity index (χ1) is 11.6. The second-order valence-electron chi connectivity index (χ2n) is 6.06. The standard InChI is InChI=1S/C16H21F3N2O3S/c1-3-12(2)15(22)20-8-10-21(11-9-20)25(23,24)14-6-4-13(5-7-14)16(17,18)19/h4-7,12H,3,8-11H2,1-2H3. The second kappa shape index (κ2) is 7.33. The predicted molar refractivity (Wildman–Crippen MR) is 86.2 cm³/mol. The molecule has 1 amide bonds. The first-order valence-corrected chi connectivity index (χ1v) is 9.47. The van der Waals surface area contributed by atoms with Gasteiger partial charge in [-0.25, -0.2) is 8.42 Å². The lowest BCUT2D eigenvalue weighted by molar-refractivity contribution is -0.137. The number of nitrogens with zero attached hydrogens (tertiary/aromatic N) is 2. The molecule has 0 radical (unpaired) electrons. The fourth-order valence-corrected chi connectivity index (χ4v) is 4.02. The summed E-state index contributed by atoms with van der Waals surface area (Å²) in [5, 5.41) is 0. The first-order valence-electron chi connectivity index (χ1n) is 8.03. The molecule has 140 valence electrons. The summed E-state index contributed by atoms with van der Waals surface area (Å²) in [6, 6.07) is 3.45. The van der Waals surface area contributed by atoms with Crippen molar-refractivity contribution in [2.75, 3.05) is 26.2 Å². The van der Waals surface area contributed by atoms with Gasteiger partial charge in [0.1, 0.15) is 0 Å². The summed E-state index contributed by atoms with van der Waals surface area (Å²) in [6.07, 6.45) is -3.80. The van der Waals surface area contributed by atoms with Crippen LogP contribution in [0.2, 0.25) is 0 Å². The molecule has 2 rings (SSSR count). The minimum atomic E-state index is -4.51. The van der Waals surface area contributed by atoms with Gasteiger partial charge in [0.2, 0.25) is 15.9 Å². The first kappa shape index (κ1) is 19.7. The molecular formula is C16H21F3N2O3S. The molecular weight excluding hydrogens is 357 g/mol. The van der Waals surface area contributed by atoms with Crippen LogP contribution in [0.3, 0.4) is 0 Å². The fourth-order valence-electron chi connectivity index (χ4n) is 2.60. The molecule has 5 nitrogen and oxygen atoms in total. The van der Waals surface area contributed by atoms with Crippen molar-refractivity contribution in [1.29, 1.82) is 0 Å². The molecule has 1 aromatic carbocycles. The average Bonchev–Trinajstić information content (AvgIpc) is 2.60. The van der Waals surface area contributed by atoms with Gasteiger partial charge in [0.05, 0.1) is 10.5 Å². The van der Waals surface area contributed by atoms with Crippen LogP contribution >= 0.6 is 0 Å². The van der Waals surface area contributed by atoms with Crippen molar-refractivity contribution in [3.05, 3.63) is 29.8 Å². The number of alkyl halides is 3. The van der Waals surface area contributed by atoms with Gasteiger partial charge in [-0.15, -0.1) is 0 Å². The van der Waals surface area contributed by atoms with Crippen LogP contribution in [0.15, 0.2) is 29.2 Å². The van der Waals surface area contributed by atoms with Crippen LogP contribution in [0.5, 0.6) is 0 Å². The Morgan fingerprint density at radius 3 is 2.08 bits per heavy atom. The van der Waals surface area contributed by atoms with E-state index in [1.807, 2.05) is 13.8 Å². The molecule has 1 aliphatic heterocycles. The summed E-state index contributed by atoms with van der Waals surface area (Å²) in [6.45, 7) is 4.56. The molecule has 1 aliphatic rings. The Kier molecular flexibility index (Phi) is 5.78. The van der Waals surface area contributed by atoms with Crippen LogP contribution < -0.4 is 0 Å². The van der Waals surface area contributed by atoms with Crippen molar-refractivity contribution in [2.45, 2.75) is 31.3 Å². The van der Waals surface area contributed by atoms with Gasteiger partial charge >= 0.3 is 6.18 Å². The number of carbonyl (C=O) groups excluding carboxylic acids is 1. The van der Waals surface area contributed by atoms with Crippen LogP contribution in [-0.4, -0.2) is 49.7 Å². The molecule has 0 aromatic heterocycles. The average molecular weight is 378 g/mol. The van der Waals surface area contributed by atoms with E-state index in [-0.39, 0.29) is 42.9 Å². The molecule has 1 saturated heterocycles. The molecule has 0 N–H and O–H groups in total. The Morgan fingerprint density at radius 2 is 1.64 bits per heavy atom. The van der Waals surface area contributed by atoms with Crippen molar-refractivity contribution in [2.24, 2.45) is 5.92 Å². The largest absolute Gasteiger partial charge is 0.416 e. The number of benzene rings is 1. The number of sulfonamides is 1. The third kappa shape index (κ3) is 4.33. The Hall–Kier alpha value is -1.61. The zero-order chi connectivity index (χ0) is 18.8. The maximum Gasteiger partial charge on any atom is 0.416 e. The van der Waals surface area contributed by atoms with Crippen LogP contribution in [-0.2, 0) is 21.0 Å². The molecule has 1 heterocycles. The smallest absolute Gasteiger partial charge is 0.340 e. The van der Waals surface area contributed by atoms with E-state index in [2.05, 4.69) is 0 Å². The predicted octanol–water partition coefficient (Wildman–Crippen LogP) is 2.58. The normalized spacial score (nSPS) is 18.2. The van der Waals surface area contributed by atoms with E-state index >= 15 is 0 Å². The van der Waals surface area contributed by atoms with Crippen LogP contribution in [0.25, 0.3) is 0 Å². The monoisotopic (exact) mass is 378 g/mol. The van der Waals surface area contributed by atoms with E-state index in [0.717, 1.165) is 24.3 Å². The number of amides is 1. The van der Waals surface area contributed by atoms with Gasteiger partial charge in [0.25, 0.3) is 0 Å². The van der Waals surface area contributed by atoms with E-state index in [9.17, 15) is 26.4 Å².